The number of hydrogen-bond donors (Lipinski definition) is 0. The van der Waals surface area contributed by atoms with Crippen molar-refractivity contribution < 1.29 is 4.42 Å². The first-order chi connectivity index (χ1) is 31.7. The van der Waals surface area contributed by atoms with Gasteiger partial charge in [0.1, 0.15) is 11.2 Å². The minimum atomic E-state index is 0.886. The number of rotatable bonds is 8. The van der Waals surface area contributed by atoms with Crippen molar-refractivity contribution in [2.75, 3.05) is 4.90 Å². The van der Waals surface area contributed by atoms with Gasteiger partial charge in [0.25, 0.3) is 0 Å². The molecule has 64 heavy (non-hydrogen) atoms. The van der Waals surface area contributed by atoms with Gasteiger partial charge < -0.3 is 9.32 Å². The third-order valence-electron chi connectivity index (χ3n) is 12.6. The van der Waals surface area contributed by atoms with E-state index in [1.54, 1.807) is 0 Å². The summed E-state index contributed by atoms with van der Waals surface area (Å²) in [5.41, 5.74) is 16.7. The van der Waals surface area contributed by atoms with Gasteiger partial charge in [-0.25, -0.2) is 0 Å². The number of fused-ring (bicyclic) bond motifs is 6. The quantitative estimate of drug-likeness (QED) is 0.152. The summed E-state index contributed by atoms with van der Waals surface area (Å²) in [7, 11) is 0. The van der Waals surface area contributed by atoms with Crippen LogP contribution in [0.2, 0.25) is 0 Å². The smallest absolute Gasteiger partial charge is 0.143 e. The lowest BCUT2D eigenvalue weighted by Crippen LogP contribution is -2.10. The largest absolute Gasteiger partial charge is 0.455 e. The molecule has 11 aromatic carbocycles. The summed E-state index contributed by atoms with van der Waals surface area (Å²) < 4.78 is 6.63. The highest BCUT2D eigenvalue weighted by Crippen LogP contribution is 2.43. The molecule has 0 saturated heterocycles. The molecule has 300 valence electrons. The lowest BCUT2D eigenvalue weighted by molar-refractivity contribution is 0.673. The molecule has 2 heteroatoms. The van der Waals surface area contributed by atoms with Crippen molar-refractivity contribution in [3.63, 3.8) is 0 Å². The van der Waals surface area contributed by atoms with E-state index in [1.807, 2.05) is 0 Å². The molecule has 0 amide bonds. The number of furan rings is 1. The Balaban J connectivity index is 0.998. The molecule has 0 spiro atoms. The third kappa shape index (κ3) is 6.79. The lowest BCUT2D eigenvalue weighted by Gasteiger charge is -2.27. The first-order valence-corrected chi connectivity index (χ1v) is 21.9. The summed E-state index contributed by atoms with van der Waals surface area (Å²) in [6.45, 7) is 0. The van der Waals surface area contributed by atoms with Gasteiger partial charge in [-0.2, -0.15) is 0 Å². The first-order valence-electron chi connectivity index (χ1n) is 21.9. The number of nitrogens with zero attached hydrogens (tertiary/aromatic N) is 1. The van der Waals surface area contributed by atoms with Gasteiger partial charge in [-0.1, -0.05) is 176 Å². The average Bonchev–Trinajstić information content (AvgIpc) is 3.77. The van der Waals surface area contributed by atoms with Crippen LogP contribution >= 0.6 is 0 Å². The predicted molar refractivity (Wildman–Crippen MR) is 271 cm³/mol. The Morgan fingerprint density at radius 3 is 1.48 bits per heavy atom. The van der Waals surface area contributed by atoms with E-state index < -0.39 is 0 Å². The SMILES string of the molecule is c1ccc(-c2cc(-c3ccccc3)cc(-c3ccc(N(c4cccc(-c5ccc6ccccc6c5)c4)c4cccc(-c5cccc6oc7c8ccccc8ccc7c56)c4)cc3)c2)cc1. The predicted octanol–water partition coefficient (Wildman–Crippen LogP) is 17.7. The van der Waals surface area contributed by atoms with Gasteiger partial charge in [0.15, 0.2) is 0 Å². The highest BCUT2D eigenvalue weighted by atomic mass is 16.3. The zero-order chi connectivity index (χ0) is 42.4. The van der Waals surface area contributed by atoms with E-state index in [9.17, 15) is 0 Å². The van der Waals surface area contributed by atoms with Crippen LogP contribution in [0.1, 0.15) is 0 Å². The Bertz CT molecular complexity index is 3600. The Kier molecular flexibility index (Phi) is 9.20. The molecule has 0 aliphatic heterocycles. The summed E-state index contributed by atoms with van der Waals surface area (Å²) in [5.74, 6) is 0. The van der Waals surface area contributed by atoms with E-state index in [1.165, 1.54) is 49.5 Å². The highest BCUT2D eigenvalue weighted by Gasteiger charge is 2.19. The van der Waals surface area contributed by atoms with Crippen LogP contribution in [0.25, 0.3) is 99.1 Å². The zero-order valence-corrected chi connectivity index (χ0v) is 35.0. The van der Waals surface area contributed by atoms with Crippen molar-refractivity contribution in [1.29, 1.82) is 0 Å². The molecule has 0 unspecified atom stereocenters. The van der Waals surface area contributed by atoms with Crippen LogP contribution in [0.15, 0.2) is 253 Å². The summed E-state index contributed by atoms with van der Waals surface area (Å²) in [6, 6.07) is 89.7. The minimum Gasteiger partial charge on any atom is -0.455 e. The topological polar surface area (TPSA) is 16.4 Å². The van der Waals surface area contributed by atoms with E-state index in [0.717, 1.165) is 66.6 Å². The van der Waals surface area contributed by atoms with Gasteiger partial charge in [0, 0.05) is 33.2 Å². The van der Waals surface area contributed by atoms with Crippen LogP contribution < -0.4 is 4.90 Å². The van der Waals surface area contributed by atoms with E-state index in [-0.39, 0.29) is 0 Å². The van der Waals surface area contributed by atoms with Crippen LogP contribution in [0, 0.1) is 0 Å². The third-order valence-corrected chi connectivity index (χ3v) is 12.6. The molecule has 0 atom stereocenters. The van der Waals surface area contributed by atoms with Crippen molar-refractivity contribution in [3.05, 3.63) is 249 Å². The molecule has 2 nitrogen and oxygen atoms in total. The fraction of sp³-hybridized carbons (Fsp3) is 0. The van der Waals surface area contributed by atoms with Gasteiger partial charge in [0.05, 0.1) is 0 Å². The number of hydrogen-bond acceptors (Lipinski definition) is 2. The molecule has 12 aromatic rings. The molecular weight excluding hydrogens is 775 g/mol. The van der Waals surface area contributed by atoms with Crippen LogP contribution in [0.5, 0.6) is 0 Å². The van der Waals surface area contributed by atoms with E-state index >= 15 is 0 Å². The summed E-state index contributed by atoms with van der Waals surface area (Å²) >= 11 is 0. The van der Waals surface area contributed by atoms with Crippen molar-refractivity contribution in [3.8, 4) is 55.6 Å². The minimum absolute atomic E-state index is 0.886. The van der Waals surface area contributed by atoms with Gasteiger partial charge in [-0.05, 0) is 145 Å². The zero-order valence-electron chi connectivity index (χ0n) is 35.0. The second-order valence-corrected chi connectivity index (χ2v) is 16.5. The van der Waals surface area contributed by atoms with E-state index in [0.29, 0.717) is 0 Å². The fourth-order valence-corrected chi connectivity index (χ4v) is 9.44. The van der Waals surface area contributed by atoms with Crippen LogP contribution in [-0.4, -0.2) is 0 Å². The summed E-state index contributed by atoms with van der Waals surface area (Å²) in [5, 5.41) is 7.01. The fourth-order valence-electron chi connectivity index (χ4n) is 9.44. The average molecular weight is 816 g/mol. The maximum Gasteiger partial charge on any atom is 0.143 e. The molecule has 0 saturated carbocycles. The summed E-state index contributed by atoms with van der Waals surface area (Å²) in [6.07, 6.45) is 0. The molecule has 0 radical (unpaired) electrons. The lowest BCUT2D eigenvalue weighted by atomic mass is 9.93. The van der Waals surface area contributed by atoms with Crippen LogP contribution in [0.4, 0.5) is 17.1 Å². The van der Waals surface area contributed by atoms with Crippen LogP contribution in [-0.2, 0) is 0 Å². The number of benzene rings is 11. The monoisotopic (exact) mass is 815 g/mol. The Morgan fingerprint density at radius 2 is 0.781 bits per heavy atom. The standard InChI is InChI=1S/C62H41NO/c1-3-14-42(15-4-1)51-37-52(43-16-5-2-6-17-43)39-53(38-51)45-30-33-54(34-31-45)63(55-23-11-21-48(40-55)49-29-28-44-18-7-8-20-47(44)36-49)56-24-12-22-50(41-56)57-26-13-27-60-61(57)59-35-32-46-19-9-10-25-58(46)62(59)64-60/h1-41H. The molecular formula is C62H41NO. The van der Waals surface area contributed by atoms with Gasteiger partial charge >= 0.3 is 0 Å². The van der Waals surface area contributed by atoms with E-state index in [2.05, 4.69) is 254 Å². The van der Waals surface area contributed by atoms with Gasteiger partial charge in [-0.15, -0.1) is 0 Å². The van der Waals surface area contributed by atoms with Crippen molar-refractivity contribution >= 4 is 60.5 Å². The number of anilines is 3. The summed E-state index contributed by atoms with van der Waals surface area (Å²) in [4.78, 5) is 2.38. The molecule has 0 N–H and O–H groups in total. The van der Waals surface area contributed by atoms with Crippen LogP contribution in [0.3, 0.4) is 0 Å². The molecule has 12 rings (SSSR count). The van der Waals surface area contributed by atoms with Crippen molar-refractivity contribution in [2.45, 2.75) is 0 Å². The molecule has 0 bridgehead atoms. The van der Waals surface area contributed by atoms with Crippen molar-refractivity contribution in [2.24, 2.45) is 0 Å². The molecule has 1 heterocycles. The molecule has 0 fully saturated rings. The molecule has 0 aliphatic carbocycles. The molecule has 1 aromatic heterocycles. The first kappa shape index (κ1) is 37.3. The Morgan fingerprint density at radius 1 is 0.266 bits per heavy atom. The van der Waals surface area contributed by atoms with Crippen molar-refractivity contribution in [1.82, 2.24) is 0 Å². The molecule has 0 aliphatic rings. The second kappa shape index (κ2) is 15.8. The maximum absolute atomic E-state index is 6.63. The highest BCUT2D eigenvalue weighted by molar-refractivity contribution is 6.19. The second-order valence-electron chi connectivity index (χ2n) is 16.5. The van der Waals surface area contributed by atoms with Gasteiger partial charge in [0.2, 0.25) is 0 Å². The van der Waals surface area contributed by atoms with Gasteiger partial charge in [-0.3, -0.25) is 0 Å². The Hall–Kier alpha value is -8.46. The maximum atomic E-state index is 6.63. The normalized spacial score (nSPS) is 11.4. The Labute approximate surface area is 372 Å². The van der Waals surface area contributed by atoms with E-state index in [4.69, 9.17) is 4.42 Å².